The first-order valence-corrected chi connectivity index (χ1v) is 7.34. The molecule has 5 nitrogen and oxygen atoms in total. The zero-order valence-corrected chi connectivity index (χ0v) is 13.3. The Kier molecular flexibility index (Phi) is 5.11. The number of aliphatic carboxylic acids is 1. The molecule has 0 spiro atoms. The summed E-state index contributed by atoms with van der Waals surface area (Å²) >= 11 is 0. The first kappa shape index (κ1) is 19.9. The van der Waals surface area contributed by atoms with E-state index in [0.717, 1.165) is 6.07 Å². The second-order valence-corrected chi connectivity index (χ2v) is 5.96. The Morgan fingerprint density at radius 3 is 2.23 bits per heavy atom. The first-order chi connectivity index (χ1) is 11.8. The molecule has 1 saturated heterocycles. The van der Waals surface area contributed by atoms with Crippen molar-refractivity contribution in [1.29, 1.82) is 0 Å². The predicted molar refractivity (Wildman–Crippen MR) is 77.4 cm³/mol. The highest BCUT2D eigenvalue weighted by Gasteiger charge is 2.53. The number of carbonyl (C=O) groups excluding carboxylic acids is 1. The van der Waals surface area contributed by atoms with Gasteiger partial charge in [0.1, 0.15) is 0 Å². The van der Waals surface area contributed by atoms with Crippen LogP contribution >= 0.6 is 0 Å². The van der Waals surface area contributed by atoms with E-state index in [9.17, 15) is 35.9 Å². The molecule has 1 aromatic rings. The molecule has 0 unspecified atom stereocenters. The van der Waals surface area contributed by atoms with Gasteiger partial charge in [-0.1, -0.05) is 6.07 Å². The number of likely N-dealkylation sites (tertiary alicyclic amines) is 1. The number of hydrogen-bond acceptors (Lipinski definition) is 2. The molecule has 1 heterocycles. The fourth-order valence-corrected chi connectivity index (χ4v) is 2.76. The van der Waals surface area contributed by atoms with Gasteiger partial charge >= 0.3 is 24.4 Å². The zero-order chi connectivity index (χ0) is 19.9. The summed E-state index contributed by atoms with van der Waals surface area (Å²) < 4.78 is 77.4. The van der Waals surface area contributed by atoms with Gasteiger partial charge in [0.05, 0.1) is 17.4 Å². The molecule has 1 aliphatic heterocycles. The fraction of sp³-hybridized carbons (Fsp3) is 0.467. The Bertz CT molecular complexity index is 716. The lowest BCUT2D eigenvalue weighted by molar-refractivity contribution is -0.187. The van der Waals surface area contributed by atoms with Crippen molar-refractivity contribution in [3.05, 3.63) is 29.3 Å². The summed E-state index contributed by atoms with van der Waals surface area (Å²) in [4.78, 5) is 23.7. The Morgan fingerprint density at radius 1 is 1.15 bits per heavy atom. The topological polar surface area (TPSA) is 69.6 Å². The van der Waals surface area contributed by atoms with Crippen LogP contribution in [0.3, 0.4) is 0 Å². The van der Waals surface area contributed by atoms with Gasteiger partial charge in [-0.25, -0.2) is 4.79 Å². The number of urea groups is 1. The molecule has 2 N–H and O–H groups in total. The smallest absolute Gasteiger partial charge is 0.416 e. The van der Waals surface area contributed by atoms with Crippen LogP contribution in [0.25, 0.3) is 0 Å². The van der Waals surface area contributed by atoms with E-state index in [0.29, 0.717) is 11.0 Å². The third-order valence-corrected chi connectivity index (χ3v) is 4.14. The summed E-state index contributed by atoms with van der Waals surface area (Å²) in [7, 11) is 0. The molecule has 2 atom stereocenters. The lowest BCUT2D eigenvalue weighted by Crippen LogP contribution is -2.35. The number of rotatable bonds is 2. The fourth-order valence-electron chi connectivity index (χ4n) is 2.76. The van der Waals surface area contributed by atoms with Gasteiger partial charge in [-0.15, -0.1) is 0 Å². The maximum absolute atomic E-state index is 12.9. The van der Waals surface area contributed by atoms with Crippen LogP contribution in [0.1, 0.15) is 11.1 Å². The van der Waals surface area contributed by atoms with Crippen molar-refractivity contribution >= 4 is 17.7 Å². The van der Waals surface area contributed by atoms with Gasteiger partial charge in [0.25, 0.3) is 0 Å². The minimum absolute atomic E-state index is 0.0836. The van der Waals surface area contributed by atoms with E-state index in [2.05, 4.69) is 5.32 Å². The number of amides is 2. The highest BCUT2D eigenvalue weighted by atomic mass is 19.4. The summed E-state index contributed by atoms with van der Waals surface area (Å²) in [5, 5.41) is 11.0. The minimum Gasteiger partial charge on any atom is -0.481 e. The van der Waals surface area contributed by atoms with Crippen LogP contribution in [0.2, 0.25) is 0 Å². The van der Waals surface area contributed by atoms with Gasteiger partial charge < -0.3 is 15.3 Å². The van der Waals surface area contributed by atoms with E-state index in [1.54, 1.807) is 0 Å². The third kappa shape index (κ3) is 4.20. The monoisotopic (exact) mass is 384 g/mol. The SMILES string of the molecule is Cc1ccc(NC(=O)N2C[C@@H](C(F)(F)F)[C@H](C(=O)O)C2)cc1C(F)(F)F. The van der Waals surface area contributed by atoms with Gasteiger partial charge in [0.2, 0.25) is 0 Å². The van der Waals surface area contributed by atoms with Crippen LogP contribution < -0.4 is 5.32 Å². The average molecular weight is 384 g/mol. The van der Waals surface area contributed by atoms with Crippen LogP contribution in [-0.4, -0.2) is 41.3 Å². The predicted octanol–water partition coefficient (Wildman–Crippen LogP) is 3.74. The van der Waals surface area contributed by atoms with Crippen molar-refractivity contribution in [2.45, 2.75) is 19.3 Å². The van der Waals surface area contributed by atoms with Crippen molar-refractivity contribution < 1.29 is 41.0 Å². The van der Waals surface area contributed by atoms with Crippen molar-refractivity contribution in [3.8, 4) is 0 Å². The van der Waals surface area contributed by atoms with E-state index < -0.39 is 54.8 Å². The van der Waals surface area contributed by atoms with E-state index in [1.165, 1.54) is 13.0 Å². The second kappa shape index (κ2) is 6.69. The molecule has 1 aliphatic rings. The molecule has 0 bridgehead atoms. The maximum Gasteiger partial charge on any atom is 0.416 e. The number of hydrogen-bond donors (Lipinski definition) is 2. The van der Waals surface area contributed by atoms with Crippen LogP contribution in [0, 0.1) is 18.8 Å². The van der Waals surface area contributed by atoms with Crippen LogP contribution in [0.4, 0.5) is 36.8 Å². The van der Waals surface area contributed by atoms with Crippen LogP contribution in [0.5, 0.6) is 0 Å². The average Bonchev–Trinajstić information content (AvgIpc) is 2.93. The van der Waals surface area contributed by atoms with Crippen molar-refractivity contribution in [1.82, 2.24) is 4.90 Å². The van der Waals surface area contributed by atoms with E-state index in [4.69, 9.17) is 5.11 Å². The summed E-state index contributed by atoms with van der Waals surface area (Å²) in [5.41, 5.74) is -1.33. The van der Waals surface area contributed by atoms with Crippen molar-refractivity contribution in [2.75, 3.05) is 18.4 Å². The van der Waals surface area contributed by atoms with E-state index >= 15 is 0 Å². The maximum atomic E-state index is 12.9. The molecule has 2 rings (SSSR count). The number of carboxylic acid groups (broad SMARTS) is 1. The summed E-state index contributed by atoms with van der Waals surface area (Å²) in [5.74, 6) is -5.77. The highest BCUT2D eigenvalue weighted by Crippen LogP contribution is 2.38. The molecule has 144 valence electrons. The molecule has 1 aromatic carbocycles. The number of nitrogens with one attached hydrogen (secondary N) is 1. The molecule has 0 aromatic heterocycles. The lowest BCUT2D eigenvalue weighted by Gasteiger charge is -2.19. The molecule has 0 aliphatic carbocycles. The quantitative estimate of drug-likeness (QED) is 0.764. The number of anilines is 1. The summed E-state index contributed by atoms with van der Waals surface area (Å²) in [6.07, 6.45) is -9.47. The van der Waals surface area contributed by atoms with E-state index in [-0.39, 0.29) is 11.3 Å². The Morgan fingerprint density at radius 2 is 1.77 bits per heavy atom. The molecule has 1 fully saturated rings. The Labute approximate surface area is 143 Å². The number of carbonyl (C=O) groups is 2. The summed E-state index contributed by atoms with van der Waals surface area (Å²) in [6.45, 7) is -0.353. The minimum atomic E-state index is -4.81. The zero-order valence-electron chi connectivity index (χ0n) is 13.3. The number of aryl methyl sites for hydroxylation is 1. The molecular formula is C15H14F6N2O3. The standard InChI is InChI=1S/C15H14F6N2O3/c1-7-2-3-8(4-10(7)14(16,17)18)22-13(26)23-5-9(12(24)25)11(6-23)15(19,20)21/h2-4,9,11H,5-6H2,1H3,(H,22,26)(H,24,25)/t9-,11-/m1/s1. The van der Waals surface area contributed by atoms with Crippen LogP contribution in [-0.2, 0) is 11.0 Å². The highest BCUT2D eigenvalue weighted by molar-refractivity contribution is 5.90. The van der Waals surface area contributed by atoms with E-state index in [1.807, 2.05) is 0 Å². The molecule has 0 radical (unpaired) electrons. The van der Waals surface area contributed by atoms with Gasteiger partial charge in [-0.3, -0.25) is 4.79 Å². The molecule has 26 heavy (non-hydrogen) atoms. The van der Waals surface area contributed by atoms with Crippen molar-refractivity contribution in [3.63, 3.8) is 0 Å². The summed E-state index contributed by atoms with van der Waals surface area (Å²) in [6, 6.07) is 1.86. The van der Waals surface area contributed by atoms with Gasteiger partial charge in [-0.05, 0) is 24.6 Å². The number of benzene rings is 1. The second-order valence-electron chi connectivity index (χ2n) is 5.96. The largest absolute Gasteiger partial charge is 0.481 e. The van der Waals surface area contributed by atoms with Gasteiger partial charge in [-0.2, -0.15) is 26.3 Å². The van der Waals surface area contributed by atoms with Crippen molar-refractivity contribution in [2.24, 2.45) is 11.8 Å². The Hall–Kier alpha value is -2.46. The number of nitrogens with zero attached hydrogens (tertiary/aromatic N) is 1. The molecule has 0 saturated carbocycles. The number of alkyl halides is 6. The van der Waals surface area contributed by atoms with Crippen LogP contribution in [0.15, 0.2) is 18.2 Å². The first-order valence-electron chi connectivity index (χ1n) is 7.34. The third-order valence-electron chi connectivity index (χ3n) is 4.14. The molecule has 11 heteroatoms. The Balaban J connectivity index is 2.17. The number of carboxylic acids is 1. The van der Waals surface area contributed by atoms with Gasteiger partial charge in [0.15, 0.2) is 0 Å². The van der Waals surface area contributed by atoms with Gasteiger partial charge in [0, 0.05) is 18.8 Å². The number of halogens is 6. The molecular weight excluding hydrogens is 370 g/mol. The molecule has 2 amide bonds. The lowest BCUT2D eigenvalue weighted by atomic mass is 9.96. The normalized spacial score (nSPS) is 21.0.